The van der Waals surface area contributed by atoms with Crippen molar-refractivity contribution in [2.75, 3.05) is 0 Å². The Labute approximate surface area is 104 Å². The fraction of sp³-hybridized carbons (Fsp3) is 0.125. The first-order valence-corrected chi connectivity index (χ1v) is 4.15. The minimum atomic E-state index is 0. The fourth-order valence-corrected chi connectivity index (χ4v) is 0.925. The monoisotopic (exact) mass is 297 g/mol. The third kappa shape index (κ3) is 5.10. The van der Waals surface area contributed by atoms with Gasteiger partial charge in [-0.2, -0.15) is 0 Å². The van der Waals surface area contributed by atoms with E-state index in [2.05, 4.69) is 17.9 Å². The molecule has 0 saturated heterocycles. The van der Waals surface area contributed by atoms with Crippen molar-refractivity contribution in [2.24, 2.45) is 0 Å². The first-order chi connectivity index (χ1) is 5.29. The van der Waals surface area contributed by atoms with E-state index in [0.717, 1.165) is 6.54 Å². The Hall–Kier alpha value is 0.382. The van der Waals surface area contributed by atoms with Crippen molar-refractivity contribution < 1.29 is 27.3 Å². The van der Waals surface area contributed by atoms with Gasteiger partial charge in [-0.1, -0.05) is 42.5 Å². The van der Waals surface area contributed by atoms with E-state index in [1.807, 2.05) is 30.3 Å². The van der Waals surface area contributed by atoms with Crippen LogP contribution < -0.4 is 5.32 Å². The van der Waals surface area contributed by atoms with Crippen LogP contribution in [0.5, 0.6) is 0 Å². The molecule has 12 heavy (non-hydrogen) atoms. The molecule has 0 amide bonds. The van der Waals surface area contributed by atoms with Gasteiger partial charge in [-0.05, 0) is 5.56 Å². The molecule has 1 rings (SSSR count). The van der Waals surface area contributed by atoms with E-state index in [9.17, 15) is 0 Å². The molecule has 0 aliphatic rings. The van der Waals surface area contributed by atoms with Gasteiger partial charge >= 0.3 is 27.3 Å². The number of thiol groups is 1. The molecule has 1 aromatic carbocycles. The van der Waals surface area contributed by atoms with E-state index in [1.54, 1.807) is 0 Å². The maximum Gasteiger partial charge on any atom is 2.00 e. The molecule has 0 aliphatic heterocycles. The van der Waals surface area contributed by atoms with E-state index >= 15 is 0 Å². The van der Waals surface area contributed by atoms with Gasteiger partial charge in [0.25, 0.3) is 0 Å². The van der Waals surface area contributed by atoms with Crippen LogP contribution in [-0.4, -0.2) is 4.32 Å². The van der Waals surface area contributed by atoms with Crippen molar-refractivity contribution in [2.45, 2.75) is 6.54 Å². The Kier molecular flexibility index (Phi) is 7.07. The zero-order chi connectivity index (χ0) is 8.10. The summed E-state index contributed by atoms with van der Waals surface area (Å²) >= 11 is 8.70. The molecule has 0 aromatic heterocycles. The molecule has 1 aromatic rings. The molecule has 0 aliphatic carbocycles. The van der Waals surface area contributed by atoms with Crippen LogP contribution in [0.2, 0.25) is 0 Å². The van der Waals surface area contributed by atoms with Crippen LogP contribution in [0.1, 0.15) is 5.56 Å². The largest absolute Gasteiger partial charge is 2.00 e. The summed E-state index contributed by atoms with van der Waals surface area (Å²) in [6.45, 7) is 0.753. The van der Waals surface area contributed by atoms with Gasteiger partial charge in [0, 0.05) is 6.54 Å². The van der Waals surface area contributed by atoms with Gasteiger partial charge in [0.2, 0.25) is 0 Å². The normalized spacial score (nSPS) is 8.42. The van der Waals surface area contributed by atoms with E-state index in [-0.39, 0.29) is 27.3 Å². The second kappa shape index (κ2) is 6.85. The first-order valence-electron chi connectivity index (χ1n) is 3.30. The summed E-state index contributed by atoms with van der Waals surface area (Å²) < 4.78 is 0.536. The molecule has 0 unspecified atom stereocenters. The zero-order valence-electron chi connectivity index (χ0n) is 6.66. The molecular weight excluding hydrogens is 287 g/mol. The molecule has 0 atom stereocenters. The first kappa shape index (κ1) is 12.4. The summed E-state index contributed by atoms with van der Waals surface area (Å²) in [6, 6.07) is 10.1. The van der Waals surface area contributed by atoms with Crippen LogP contribution in [-0.2, 0) is 33.8 Å². The van der Waals surface area contributed by atoms with Crippen molar-refractivity contribution in [3.8, 4) is 0 Å². The average Bonchev–Trinajstić information content (AvgIpc) is 2.03. The predicted octanol–water partition coefficient (Wildman–Crippen LogP) is 1.99. The van der Waals surface area contributed by atoms with Crippen molar-refractivity contribution in [1.29, 1.82) is 0 Å². The SMILES string of the molecule is S=C(S)NCc1ccccc1.[Cd+2]. The van der Waals surface area contributed by atoms with Gasteiger partial charge in [0.1, 0.15) is 4.32 Å². The summed E-state index contributed by atoms with van der Waals surface area (Å²) in [5.41, 5.74) is 1.21. The Morgan fingerprint density at radius 3 is 2.42 bits per heavy atom. The standard InChI is InChI=1S/C8H9NS2.Cd/c10-8(11)9-6-7-4-2-1-3-5-7;/h1-5H,6H2,(H2,9,10,11);/q;+2. The van der Waals surface area contributed by atoms with Crippen molar-refractivity contribution in [3.63, 3.8) is 0 Å². The molecular formula is C8H9CdNS2+2. The molecule has 58 valence electrons. The molecule has 1 nitrogen and oxygen atoms in total. The number of nitrogens with one attached hydrogen (secondary N) is 1. The fourth-order valence-electron chi connectivity index (χ4n) is 0.774. The van der Waals surface area contributed by atoms with Crippen LogP contribution in [0.3, 0.4) is 0 Å². The molecule has 1 N–H and O–H groups in total. The zero-order valence-corrected chi connectivity index (χ0v) is 12.4. The maximum atomic E-state index is 4.75. The predicted molar refractivity (Wildman–Crippen MR) is 54.9 cm³/mol. The van der Waals surface area contributed by atoms with Crippen LogP contribution in [0.25, 0.3) is 0 Å². The number of hydrogen-bond donors (Lipinski definition) is 2. The van der Waals surface area contributed by atoms with Gasteiger partial charge in [0.05, 0.1) is 0 Å². The summed E-state index contributed by atoms with van der Waals surface area (Å²) in [7, 11) is 0. The number of rotatable bonds is 2. The Balaban J connectivity index is 0.00000121. The molecule has 4 heteroatoms. The van der Waals surface area contributed by atoms with Gasteiger partial charge in [-0.3, -0.25) is 0 Å². The van der Waals surface area contributed by atoms with Crippen molar-refractivity contribution >= 4 is 29.2 Å². The van der Waals surface area contributed by atoms with Crippen LogP contribution in [0.4, 0.5) is 0 Å². The number of thiocarbonyl (C=S) groups is 1. The quantitative estimate of drug-likeness (QED) is 0.492. The van der Waals surface area contributed by atoms with Crippen LogP contribution in [0.15, 0.2) is 30.3 Å². The molecule has 0 heterocycles. The van der Waals surface area contributed by atoms with Gasteiger partial charge < -0.3 is 5.32 Å². The van der Waals surface area contributed by atoms with E-state index in [4.69, 9.17) is 12.2 Å². The minimum Gasteiger partial charge on any atom is -0.367 e. The number of hydrogen-bond acceptors (Lipinski definition) is 1. The van der Waals surface area contributed by atoms with Gasteiger partial charge in [-0.15, -0.1) is 12.6 Å². The summed E-state index contributed by atoms with van der Waals surface area (Å²) in [4.78, 5) is 0. The van der Waals surface area contributed by atoms with Gasteiger partial charge in [-0.25, -0.2) is 0 Å². The number of benzene rings is 1. The molecule has 0 spiro atoms. The van der Waals surface area contributed by atoms with Crippen LogP contribution in [0, 0.1) is 0 Å². The second-order valence-corrected chi connectivity index (χ2v) is 3.30. The Morgan fingerprint density at radius 2 is 1.92 bits per heavy atom. The summed E-state index contributed by atoms with van der Waals surface area (Å²) in [6.07, 6.45) is 0. The molecule has 0 saturated carbocycles. The average molecular weight is 296 g/mol. The Morgan fingerprint density at radius 1 is 1.33 bits per heavy atom. The third-order valence-electron chi connectivity index (χ3n) is 1.29. The molecule has 0 bridgehead atoms. The van der Waals surface area contributed by atoms with Gasteiger partial charge in [0.15, 0.2) is 0 Å². The van der Waals surface area contributed by atoms with E-state index in [1.165, 1.54) is 5.56 Å². The minimum absolute atomic E-state index is 0. The smallest absolute Gasteiger partial charge is 0.367 e. The Bertz CT molecular complexity index is 238. The molecule has 0 fully saturated rings. The molecule has 0 radical (unpaired) electrons. The summed E-state index contributed by atoms with van der Waals surface area (Å²) in [5, 5.41) is 2.96. The van der Waals surface area contributed by atoms with E-state index in [0.29, 0.717) is 4.32 Å². The maximum absolute atomic E-state index is 4.75. The van der Waals surface area contributed by atoms with Crippen molar-refractivity contribution in [1.82, 2.24) is 5.32 Å². The second-order valence-electron chi connectivity index (χ2n) is 2.14. The summed E-state index contributed by atoms with van der Waals surface area (Å²) in [5.74, 6) is 0. The topological polar surface area (TPSA) is 12.0 Å². The van der Waals surface area contributed by atoms with Crippen molar-refractivity contribution in [3.05, 3.63) is 35.9 Å². The van der Waals surface area contributed by atoms with E-state index < -0.39 is 0 Å². The van der Waals surface area contributed by atoms with Crippen LogP contribution >= 0.6 is 24.8 Å². The third-order valence-corrected chi connectivity index (χ3v) is 1.59.